The maximum atomic E-state index is 11.3. The second-order valence-corrected chi connectivity index (χ2v) is 5.48. The van der Waals surface area contributed by atoms with Crippen LogP contribution in [0.2, 0.25) is 0 Å². The number of carbonyl (C=O) groups is 1. The molecule has 0 aliphatic rings. The van der Waals surface area contributed by atoms with Gasteiger partial charge in [0, 0.05) is 17.8 Å². The summed E-state index contributed by atoms with van der Waals surface area (Å²) < 4.78 is 5.72. The fourth-order valence-corrected chi connectivity index (χ4v) is 2.37. The normalized spacial score (nSPS) is 10.8. The number of nitrogens with zero attached hydrogens (tertiary/aromatic N) is 1. The third-order valence-corrected chi connectivity index (χ3v) is 3.62. The largest absolute Gasteiger partial charge is 0.489 e. The van der Waals surface area contributed by atoms with Crippen LogP contribution in [0.3, 0.4) is 0 Å². The second-order valence-electron chi connectivity index (χ2n) is 5.48. The number of hydrogen-bond donors (Lipinski definition) is 2. The van der Waals surface area contributed by atoms with Gasteiger partial charge in [0.1, 0.15) is 18.2 Å². The smallest absolute Gasteiger partial charge is 0.336 e. The molecule has 0 saturated carbocycles. The van der Waals surface area contributed by atoms with E-state index >= 15 is 0 Å². The number of benzene rings is 2. The number of aromatic carboxylic acids is 1. The number of nitrogens with one attached hydrogen (secondary N) is 1. The second kappa shape index (κ2) is 7.94. The molecule has 130 valence electrons. The molecule has 0 atom stereocenters. The Morgan fingerprint density at radius 1 is 1.12 bits per heavy atom. The lowest BCUT2D eigenvalue weighted by Crippen LogP contribution is -2.05. The van der Waals surface area contributed by atoms with Crippen molar-refractivity contribution in [3.8, 4) is 5.75 Å². The fraction of sp³-hybridized carbons (Fsp3) is 0.0500. The highest BCUT2D eigenvalue weighted by atomic mass is 16.5. The molecule has 0 unspecified atom stereocenters. The SMILES string of the molecule is O=C(O)c1ccccc1COc1cccc(/C=C/c2nccc(=O)[nH]2)c1. The Morgan fingerprint density at radius 3 is 2.77 bits per heavy atom. The number of rotatable bonds is 6. The van der Waals surface area contributed by atoms with Crippen LogP contribution >= 0.6 is 0 Å². The van der Waals surface area contributed by atoms with Crippen LogP contribution in [-0.4, -0.2) is 21.0 Å². The predicted molar refractivity (Wildman–Crippen MR) is 98.0 cm³/mol. The van der Waals surface area contributed by atoms with Crippen molar-refractivity contribution in [2.75, 3.05) is 0 Å². The first-order valence-corrected chi connectivity index (χ1v) is 7.89. The standard InChI is InChI=1S/C20H16N2O4/c23-19-10-11-21-18(22-19)9-8-14-4-3-6-16(12-14)26-13-15-5-1-2-7-17(15)20(24)25/h1-12H,13H2,(H,24,25)(H,21,22,23)/b9-8+. The lowest BCUT2D eigenvalue weighted by Gasteiger charge is -2.09. The highest BCUT2D eigenvalue weighted by molar-refractivity contribution is 5.89. The number of hydrogen-bond acceptors (Lipinski definition) is 4. The number of carboxylic acids is 1. The van der Waals surface area contributed by atoms with Crippen LogP contribution in [-0.2, 0) is 6.61 Å². The van der Waals surface area contributed by atoms with Gasteiger partial charge in [0.25, 0.3) is 5.56 Å². The molecule has 0 radical (unpaired) electrons. The van der Waals surface area contributed by atoms with Crippen LogP contribution in [0.5, 0.6) is 5.75 Å². The summed E-state index contributed by atoms with van der Waals surface area (Å²) in [4.78, 5) is 29.2. The Balaban J connectivity index is 1.72. The maximum absolute atomic E-state index is 11.3. The average Bonchev–Trinajstić information content (AvgIpc) is 2.65. The maximum Gasteiger partial charge on any atom is 0.336 e. The van der Waals surface area contributed by atoms with Crippen molar-refractivity contribution in [3.63, 3.8) is 0 Å². The highest BCUT2D eigenvalue weighted by Gasteiger charge is 2.09. The Labute approximate surface area is 149 Å². The van der Waals surface area contributed by atoms with Crippen LogP contribution < -0.4 is 10.3 Å². The summed E-state index contributed by atoms with van der Waals surface area (Å²) in [6, 6.07) is 15.4. The molecule has 6 nitrogen and oxygen atoms in total. The minimum Gasteiger partial charge on any atom is -0.489 e. The molecule has 1 heterocycles. The van der Waals surface area contributed by atoms with Gasteiger partial charge >= 0.3 is 5.97 Å². The van der Waals surface area contributed by atoms with Crippen molar-refractivity contribution in [3.05, 3.63) is 93.7 Å². The van der Waals surface area contributed by atoms with Crippen molar-refractivity contribution in [2.24, 2.45) is 0 Å². The van der Waals surface area contributed by atoms with Crippen LogP contribution in [0.15, 0.2) is 65.6 Å². The molecule has 1 aromatic heterocycles. The van der Waals surface area contributed by atoms with Crippen LogP contribution in [0.1, 0.15) is 27.3 Å². The summed E-state index contributed by atoms with van der Waals surface area (Å²) in [5.41, 5.74) is 1.48. The van der Waals surface area contributed by atoms with E-state index in [2.05, 4.69) is 9.97 Å². The van der Waals surface area contributed by atoms with E-state index in [1.807, 2.05) is 18.2 Å². The van der Waals surface area contributed by atoms with Gasteiger partial charge in [-0.05, 0) is 29.8 Å². The number of aromatic amines is 1. The number of H-pyrrole nitrogens is 1. The molecule has 0 spiro atoms. The average molecular weight is 348 g/mol. The molecular formula is C20H16N2O4. The van der Waals surface area contributed by atoms with Crippen molar-refractivity contribution in [1.29, 1.82) is 0 Å². The first-order valence-electron chi connectivity index (χ1n) is 7.89. The predicted octanol–water partition coefficient (Wildman–Crippen LogP) is 3.22. The van der Waals surface area contributed by atoms with E-state index in [4.69, 9.17) is 4.74 Å². The molecule has 2 aromatic carbocycles. The van der Waals surface area contributed by atoms with Crippen LogP contribution in [0.4, 0.5) is 0 Å². The molecule has 0 saturated heterocycles. The molecule has 3 aromatic rings. The molecule has 0 bridgehead atoms. The zero-order valence-corrected chi connectivity index (χ0v) is 13.8. The highest BCUT2D eigenvalue weighted by Crippen LogP contribution is 2.18. The topological polar surface area (TPSA) is 92.3 Å². The molecule has 0 fully saturated rings. The van der Waals surface area contributed by atoms with Gasteiger partial charge < -0.3 is 14.8 Å². The number of carboxylic acid groups (broad SMARTS) is 1. The number of ether oxygens (including phenoxy) is 1. The summed E-state index contributed by atoms with van der Waals surface area (Å²) in [6.07, 6.45) is 4.94. The quantitative estimate of drug-likeness (QED) is 0.713. The van der Waals surface area contributed by atoms with Gasteiger partial charge in [0.2, 0.25) is 0 Å². The van der Waals surface area contributed by atoms with Gasteiger partial charge in [0.15, 0.2) is 0 Å². The third kappa shape index (κ3) is 4.45. The minimum atomic E-state index is -0.981. The Hall–Kier alpha value is -3.67. The first-order chi connectivity index (χ1) is 12.6. The number of aromatic nitrogens is 2. The molecule has 26 heavy (non-hydrogen) atoms. The summed E-state index contributed by atoms with van der Waals surface area (Å²) in [5.74, 6) is 0.0892. The van der Waals surface area contributed by atoms with Gasteiger partial charge in [-0.2, -0.15) is 0 Å². The summed E-state index contributed by atoms with van der Waals surface area (Å²) in [7, 11) is 0. The van der Waals surface area contributed by atoms with Crippen LogP contribution in [0, 0.1) is 0 Å². The van der Waals surface area contributed by atoms with Gasteiger partial charge in [-0.3, -0.25) is 4.79 Å². The summed E-state index contributed by atoms with van der Waals surface area (Å²) >= 11 is 0. The molecular weight excluding hydrogens is 332 g/mol. The van der Waals surface area contributed by atoms with Crippen molar-refractivity contribution < 1.29 is 14.6 Å². The van der Waals surface area contributed by atoms with E-state index in [-0.39, 0.29) is 17.7 Å². The molecule has 6 heteroatoms. The van der Waals surface area contributed by atoms with Crippen molar-refractivity contribution in [1.82, 2.24) is 9.97 Å². The van der Waals surface area contributed by atoms with E-state index < -0.39 is 5.97 Å². The van der Waals surface area contributed by atoms with E-state index in [0.29, 0.717) is 17.1 Å². The molecule has 2 N–H and O–H groups in total. The monoisotopic (exact) mass is 348 g/mol. The fourth-order valence-electron chi connectivity index (χ4n) is 2.37. The lowest BCUT2D eigenvalue weighted by molar-refractivity contribution is 0.0694. The molecule has 3 rings (SSSR count). The Kier molecular flexibility index (Phi) is 5.24. The third-order valence-electron chi connectivity index (χ3n) is 3.62. The van der Waals surface area contributed by atoms with E-state index in [9.17, 15) is 14.7 Å². The van der Waals surface area contributed by atoms with Crippen molar-refractivity contribution >= 4 is 18.1 Å². The van der Waals surface area contributed by atoms with Gasteiger partial charge in [-0.15, -0.1) is 0 Å². The van der Waals surface area contributed by atoms with Crippen LogP contribution in [0.25, 0.3) is 12.2 Å². The molecule has 0 aliphatic heterocycles. The summed E-state index contributed by atoms with van der Waals surface area (Å²) in [6.45, 7) is 0.156. The van der Waals surface area contributed by atoms with Gasteiger partial charge in [-0.25, -0.2) is 9.78 Å². The summed E-state index contributed by atoms with van der Waals surface area (Å²) in [5, 5.41) is 9.21. The van der Waals surface area contributed by atoms with E-state index in [1.54, 1.807) is 42.5 Å². The van der Waals surface area contributed by atoms with E-state index in [1.165, 1.54) is 12.3 Å². The Morgan fingerprint density at radius 2 is 1.96 bits per heavy atom. The first kappa shape index (κ1) is 17.2. The molecule has 0 amide bonds. The van der Waals surface area contributed by atoms with Gasteiger partial charge in [0.05, 0.1) is 5.56 Å². The minimum absolute atomic E-state index is 0.156. The molecule has 0 aliphatic carbocycles. The van der Waals surface area contributed by atoms with Gasteiger partial charge in [-0.1, -0.05) is 36.4 Å². The zero-order valence-electron chi connectivity index (χ0n) is 13.8. The van der Waals surface area contributed by atoms with Crippen molar-refractivity contribution in [2.45, 2.75) is 6.61 Å². The lowest BCUT2D eigenvalue weighted by atomic mass is 10.1. The van der Waals surface area contributed by atoms with E-state index in [0.717, 1.165) is 5.56 Å². The zero-order chi connectivity index (χ0) is 18.4. The Bertz CT molecular complexity index is 1010.